The van der Waals surface area contributed by atoms with Crippen LogP contribution in [0.15, 0.2) is 11.1 Å². The van der Waals surface area contributed by atoms with E-state index < -0.39 is 0 Å². The van der Waals surface area contributed by atoms with Gasteiger partial charge in [0.15, 0.2) is 0 Å². The summed E-state index contributed by atoms with van der Waals surface area (Å²) in [7, 11) is 0. The molecule has 1 amide bonds. The summed E-state index contributed by atoms with van der Waals surface area (Å²) >= 11 is 0. The Balaban J connectivity index is 1.97. The number of fused-ring (bicyclic) bond motifs is 2. The molecule has 0 bridgehead atoms. The van der Waals surface area contributed by atoms with Gasteiger partial charge in [-0.05, 0) is 49.7 Å². The molecule has 88 valence electrons. The van der Waals surface area contributed by atoms with Gasteiger partial charge in [0.25, 0.3) is 0 Å². The molecule has 0 aromatic carbocycles. The molecule has 2 saturated carbocycles. The zero-order valence-corrected chi connectivity index (χ0v) is 10.2. The fourth-order valence-electron chi connectivity index (χ4n) is 4.01. The lowest BCUT2D eigenvalue weighted by atomic mass is 9.84. The van der Waals surface area contributed by atoms with Crippen molar-refractivity contribution in [3.63, 3.8) is 0 Å². The van der Waals surface area contributed by atoms with Crippen LogP contribution in [0.5, 0.6) is 0 Å². The molecule has 0 N–H and O–H groups in total. The first-order valence-corrected chi connectivity index (χ1v) is 6.80. The minimum atomic E-state index is 0.297. The van der Waals surface area contributed by atoms with Crippen molar-refractivity contribution in [3.05, 3.63) is 11.1 Å². The van der Waals surface area contributed by atoms with Gasteiger partial charge in [-0.25, -0.2) is 0 Å². The predicted molar refractivity (Wildman–Crippen MR) is 64.1 cm³/mol. The van der Waals surface area contributed by atoms with Crippen molar-refractivity contribution in [2.45, 2.75) is 70.4 Å². The van der Waals surface area contributed by atoms with Gasteiger partial charge in [0.05, 0.1) is 12.1 Å². The zero-order chi connectivity index (χ0) is 11.1. The number of nitrogens with zero attached hydrogens (tertiary/aromatic N) is 1. The molecule has 0 aromatic heterocycles. The minimum absolute atomic E-state index is 0.297. The van der Waals surface area contributed by atoms with Crippen LogP contribution >= 0.6 is 0 Å². The van der Waals surface area contributed by atoms with E-state index in [1.807, 2.05) is 0 Å². The second-order valence-electron chi connectivity index (χ2n) is 5.50. The van der Waals surface area contributed by atoms with Gasteiger partial charge in [-0.2, -0.15) is 0 Å². The quantitative estimate of drug-likeness (QED) is 0.573. The molecule has 1 aliphatic heterocycles. The van der Waals surface area contributed by atoms with Crippen LogP contribution in [-0.4, -0.2) is 22.9 Å². The Bertz CT molecular complexity index is 319. The van der Waals surface area contributed by atoms with E-state index in [9.17, 15) is 4.79 Å². The molecule has 2 atom stereocenters. The normalized spacial score (nSPS) is 33.7. The van der Waals surface area contributed by atoms with Crippen molar-refractivity contribution in [2.75, 3.05) is 0 Å². The van der Waals surface area contributed by atoms with E-state index in [2.05, 4.69) is 4.90 Å². The number of carbonyl (C=O) groups excluding carboxylic acids is 1. The highest BCUT2D eigenvalue weighted by Crippen LogP contribution is 2.44. The van der Waals surface area contributed by atoms with E-state index in [1.165, 1.54) is 51.4 Å². The lowest BCUT2D eigenvalue weighted by Crippen LogP contribution is -2.43. The molecule has 2 nitrogen and oxygen atoms in total. The lowest BCUT2D eigenvalue weighted by molar-refractivity contribution is -0.132. The topological polar surface area (TPSA) is 20.3 Å². The Hall–Kier alpha value is -0.790. The Morgan fingerprint density at radius 3 is 1.94 bits per heavy atom. The average molecular weight is 219 g/mol. The van der Waals surface area contributed by atoms with Gasteiger partial charge in [0.2, 0.25) is 5.91 Å². The molecule has 2 fully saturated rings. The van der Waals surface area contributed by atoms with Crippen molar-refractivity contribution < 1.29 is 4.79 Å². The Morgan fingerprint density at radius 1 is 1.00 bits per heavy atom. The molecule has 1 heterocycles. The summed E-state index contributed by atoms with van der Waals surface area (Å²) < 4.78 is 0. The molecule has 3 aliphatic rings. The molecule has 2 heteroatoms. The molecule has 0 saturated heterocycles. The number of amides is 1. The largest absolute Gasteiger partial charge is 0.330 e. The predicted octanol–water partition coefficient (Wildman–Crippen LogP) is 3.03. The van der Waals surface area contributed by atoms with Gasteiger partial charge >= 0.3 is 0 Å². The standard InChI is InChI=1S/C14H21NO/c1-10(16)15-13-8-4-2-6-11(13)12-7-3-5-9-14(12)15/h13-14H,2-9H2,1H3/t13-,14+. The Kier molecular flexibility index (Phi) is 2.53. The van der Waals surface area contributed by atoms with Crippen LogP contribution in [0.25, 0.3) is 0 Å². The number of rotatable bonds is 0. The van der Waals surface area contributed by atoms with E-state index in [1.54, 1.807) is 18.1 Å². The van der Waals surface area contributed by atoms with Crippen LogP contribution in [-0.2, 0) is 4.79 Å². The molecule has 2 aliphatic carbocycles. The molecule has 16 heavy (non-hydrogen) atoms. The summed E-state index contributed by atoms with van der Waals surface area (Å²) in [5, 5.41) is 0. The highest BCUT2D eigenvalue weighted by molar-refractivity contribution is 5.76. The summed E-state index contributed by atoms with van der Waals surface area (Å²) in [5.74, 6) is 0.297. The first kappa shape index (κ1) is 10.4. The van der Waals surface area contributed by atoms with E-state index in [0.29, 0.717) is 18.0 Å². The SMILES string of the molecule is CC(=O)N1[C@@H]2CCCCC2=C2CCCC[C@@H]21. The third-order valence-electron chi connectivity index (χ3n) is 4.60. The van der Waals surface area contributed by atoms with Gasteiger partial charge in [-0.3, -0.25) is 4.79 Å². The van der Waals surface area contributed by atoms with Gasteiger partial charge in [0.1, 0.15) is 0 Å². The number of carbonyl (C=O) groups is 1. The van der Waals surface area contributed by atoms with E-state index in [4.69, 9.17) is 0 Å². The van der Waals surface area contributed by atoms with Crippen LogP contribution in [0.2, 0.25) is 0 Å². The molecule has 0 unspecified atom stereocenters. The molecular weight excluding hydrogens is 198 g/mol. The highest BCUT2D eigenvalue weighted by atomic mass is 16.2. The first-order chi connectivity index (χ1) is 7.79. The molecular formula is C14H21NO. The summed E-state index contributed by atoms with van der Waals surface area (Å²) in [6.07, 6.45) is 10.3. The average Bonchev–Trinajstić information content (AvgIpc) is 2.63. The summed E-state index contributed by atoms with van der Waals surface area (Å²) in [6, 6.07) is 0.980. The maximum atomic E-state index is 11.9. The van der Waals surface area contributed by atoms with Crippen molar-refractivity contribution in [1.29, 1.82) is 0 Å². The fraction of sp³-hybridized carbons (Fsp3) is 0.786. The summed E-state index contributed by atoms with van der Waals surface area (Å²) in [4.78, 5) is 14.1. The van der Waals surface area contributed by atoms with Crippen LogP contribution < -0.4 is 0 Å². The van der Waals surface area contributed by atoms with E-state index in [0.717, 1.165) is 0 Å². The van der Waals surface area contributed by atoms with Crippen molar-refractivity contribution in [2.24, 2.45) is 0 Å². The Morgan fingerprint density at radius 2 is 1.50 bits per heavy atom. The zero-order valence-electron chi connectivity index (χ0n) is 10.2. The molecule has 0 spiro atoms. The summed E-state index contributed by atoms with van der Waals surface area (Å²) in [6.45, 7) is 1.75. The first-order valence-electron chi connectivity index (χ1n) is 6.80. The van der Waals surface area contributed by atoms with Gasteiger partial charge in [-0.15, -0.1) is 0 Å². The Labute approximate surface area is 97.7 Å². The fourth-order valence-corrected chi connectivity index (χ4v) is 4.01. The maximum Gasteiger partial charge on any atom is 0.220 e. The van der Waals surface area contributed by atoms with Crippen molar-refractivity contribution in [3.8, 4) is 0 Å². The third-order valence-corrected chi connectivity index (χ3v) is 4.60. The van der Waals surface area contributed by atoms with Gasteiger partial charge in [0, 0.05) is 6.92 Å². The maximum absolute atomic E-state index is 11.9. The molecule has 0 radical (unpaired) electrons. The molecule has 3 rings (SSSR count). The molecule has 0 aromatic rings. The van der Waals surface area contributed by atoms with Crippen LogP contribution in [0.1, 0.15) is 58.3 Å². The van der Waals surface area contributed by atoms with Crippen LogP contribution in [0.3, 0.4) is 0 Å². The second kappa shape index (κ2) is 3.90. The van der Waals surface area contributed by atoms with Crippen molar-refractivity contribution in [1.82, 2.24) is 4.90 Å². The third kappa shape index (κ3) is 1.42. The van der Waals surface area contributed by atoms with Gasteiger partial charge in [-0.1, -0.05) is 12.8 Å². The van der Waals surface area contributed by atoms with Crippen molar-refractivity contribution >= 4 is 5.91 Å². The smallest absolute Gasteiger partial charge is 0.220 e. The number of hydrogen-bond acceptors (Lipinski definition) is 1. The number of hydrogen-bond donors (Lipinski definition) is 0. The summed E-state index contributed by atoms with van der Waals surface area (Å²) in [5.41, 5.74) is 3.32. The van der Waals surface area contributed by atoms with E-state index >= 15 is 0 Å². The minimum Gasteiger partial charge on any atom is -0.330 e. The van der Waals surface area contributed by atoms with Gasteiger partial charge < -0.3 is 4.90 Å². The van der Waals surface area contributed by atoms with Crippen LogP contribution in [0, 0.1) is 0 Å². The monoisotopic (exact) mass is 219 g/mol. The van der Waals surface area contributed by atoms with E-state index in [-0.39, 0.29) is 0 Å². The van der Waals surface area contributed by atoms with Crippen LogP contribution in [0.4, 0.5) is 0 Å². The highest BCUT2D eigenvalue weighted by Gasteiger charge is 2.42. The second-order valence-corrected chi connectivity index (χ2v) is 5.50. The lowest BCUT2D eigenvalue weighted by Gasteiger charge is -2.34.